The highest BCUT2D eigenvalue weighted by atomic mass is 16.2. The standard InChI is InChI=1S/C16H26N4O/c1-13(2)11-15(17)16(21)20-9-7-19(8-10-20)12-14-5-3-4-6-18-14/h3-6,13,15H,7-12,17H2,1-2H3/t15-/m0/s1. The predicted molar refractivity (Wildman–Crippen MR) is 83.5 cm³/mol. The Morgan fingerprint density at radius 3 is 2.57 bits per heavy atom. The fraction of sp³-hybridized carbons (Fsp3) is 0.625. The molecule has 21 heavy (non-hydrogen) atoms. The van der Waals surface area contributed by atoms with Gasteiger partial charge in [-0.2, -0.15) is 0 Å². The van der Waals surface area contributed by atoms with E-state index in [9.17, 15) is 4.79 Å². The van der Waals surface area contributed by atoms with Crippen LogP contribution in [0.4, 0.5) is 0 Å². The van der Waals surface area contributed by atoms with Crippen molar-refractivity contribution in [3.63, 3.8) is 0 Å². The first-order chi connectivity index (χ1) is 10.1. The lowest BCUT2D eigenvalue weighted by atomic mass is 10.0. The van der Waals surface area contributed by atoms with Crippen LogP contribution in [0.15, 0.2) is 24.4 Å². The van der Waals surface area contributed by atoms with Crippen LogP contribution in [0, 0.1) is 5.92 Å². The number of nitrogens with zero attached hydrogens (tertiary/aromatic N) is 3. The Hall–Kier alpha value is -1.46. The Morgan fingerprint density at radius 2 is 2.00 bits per heavy atom. The second kappa shape index (κ2) is 7.52. The highest BCUT2D eigenvalue weighted by Crippen LogP contribution is 2.10. The molecule has 2 heterocycles. The number of pyridine rings is 1. The molecule has 1 aromatic rings. The van der Waals surface area contributed by atoms with Gasteiger partial charge in [-0.05, 0) is 24.5 Å². The number of nitrogens with two attached hydrogens (primary N) is 1. The molecule has 116 valence electrons. The van der Waals surface area contributed by atoms with E-state index in [0.717, 1.165) is 44.8 Å². The average molecular weight is 290 g/mol. The molecular formula is C16H26N4O. The maximum atomic E-state index is 12.3. The van der Waals surface area contributed by atoms with Crippen molar-refractivity contribution >= 4 is 5.91 Å². The number of carbonyl (C=O) groups excluding carboxylic acids is 1. The van der Waals surface area contributed by atoms with Gasteiger partial charge in [0.25, 0.3) is 0 Å². The lowest BCUT2D eigenvalue weighted by Gasteiger charge is -2.35. The molecule has 0 aromatic carbocycles. The van der Waals surface area contributed by atoms with E-state index < -0.39 is 0 Å². The number of aromatic nitrogens is 1. The first kappa shape index (κ1) is 15.9. The molecule has 2 N–H and O–H groups in total. The van der Waals surface area contributed by atoms with Crippen molar-refractivity contribution in [1.29, 1.82) is 0 Å². The molecule has 0 aliphatic carbocycles. The van der Waals surface area contributed by atoms with Crippen LogP contribution in [-0.4, -0.2) is 52.9 Å². The zero-order valence-corrected chi connectivity index (χ0v) is 13.0. The van der Waals surface area contributed by atoms with E-state index in [0.29, 0.717) is 5.92 Å². The lowest BCUT2D eigenvalue weighted by Crippen LogP contribution is -2.53. The molecule has 1 aromatic heterocycles. The third-order valence-corrected chi connectivity index (χ3v) is 3.84. The topological polar surface area (TPSA) is 62.5 Å². The molecule has 1 aliphatic heterocycles. The molecule has 1 aliphatic rings. The zero-order valence-electron chi connectivity index (χ0n) is 13.0. The molecule has 0 unspecified atom stereocenters. The van der Waals surface area contributed by atoms with E-state index in [-0.39, 0.29) is 11.9 Å². The van der Waals surface area contributed by atoms with Crippen LogP contribution in [0.25, 0.3) is 0 Å². The second-order valence-corrected chi connectivity index (χ2v) is 6.16. The van der Waals surface area contributed by atoms with Gasteiger partial charge in [0.2, 0.25) is 5.91 Å². The van der Waals surface area contributed by atoms with Gasteiger partial charge in [-0.1, -0.05) is 19.9 Å². The van der Waals surface area contributed by atoms with Gasteiger partial charge in [-0.3, -0.25) is 14.7 Å². The van der Waals surface area contributed by atoms with Crippen LogP contribution in [0.5, 0.6) is 0 Å². The first-order valence-electron chi connectivity index (χ1n) is 7.73. The average Bonchev–Trinajstić information content (AvgIpc) is 2.47. The number of rotatable bonds is 5. The molecular weight excluding hydrogens is 264 g/mol. The fourth-order valence-electron chi connectivity index (χ4n) is 2.69. The van der Waals surface area contributed by atoms with Crippen molar-refractivity contribution in [1.82, 2.24) is 14.8 Å². The normalized spacial score (nSPS) is 18.0. The van der Waals surface area contributed by atoms with Crippen molar-refractivity contribution < 1.29 is 4.79 Å². The summed E-state index contributed by atoms with van der Waals surface area (Å²) in [6.45, 7) is 8.33. The summed E-state index contributed by atoms with van der Waals surface area (Å²) in [6.07, 6.45) is 2.58. The Kier molecular flexibility index (Phi) is 5.70. The summed E-state index contributed by atoms with van der Waals surface area (Å²) in [5.74, 6) is 0.551. The minimum atomic E-state index is -0.354. The van der Waals surface area contributed by atoms with Crippen LogP contribution in [0.2, 0.25) is 0 Å². The fourth-order valence-corrected chi connectivity index (χ4v) is 2.69. The van der Waals surface area contributed by atoms with E-state index in [1.165, 1.54) is 0 Å². The van der Waals surface area contributed by atoms with Crippen LogP contribution in [-0.2, 0) is 11.3 Å². The van der Waals surface area contributed by atoms with Gasteiger partial charge in [-0.25, -0.2) is 0 Å². The van der Waals surface area contributed by atoms with Gasteiger partial charge >= 0.3 is 0 Å². The molecule has 1 amide bonds. The maximum Gasteiger partial charge on any atom is 0.239 e. The molecule has 1 atom stereocenters. The summed E-state index contributed by atoms with van der Waals surface area (Å²) in [5.41, 5.74) is 7.07. The van der Waals surface area contributed by atoms with Gasteiger partial charge in [0.1, 0.15) is 0 Å². The quantitative estimate of drug-likeness (QED) is 0.882. The minimum Gasteiger partial charge on any atom is -0.339 e. The van der Waals surface area contributed by atoms with Gasteiger partial charge < -0.3 is 10.6 Å². The summed E-state index contributed by atoms with van der Waals surface area (Å²) in [6, 6.07) is 5.62. The van der Waals surface area contributed by atoms with Crippen LogP contribution in [0.3, 0.4) is 0 Å². The monoisotopic (exact) mass is 290 g/mol. The third-order valence-electron chi connectivity index (χ3n) is 3.84. The molecule has 0 saturated carbocycles. The molecule has 5 nitrogen and oxygen atoms in total. The van der Waals surface area contributed by atoms with Crippen molar-refractivity contribution in [2.24, 2.45) is 11.7 Å². The van der Waals surface area contributed by atoms with Gasteiger partial charge in [0.05, 0.1) is 11.7 Å². The van der Waals surface area contributed by atoms with Crippen molar-refractivity contribution in [3.05, 3.63) is 30.1 Å². The van der Waals surface area contributed by atoms with Crippen molar-refractivity contribution in [3.8, 4) is 0 Å². The smallest absolute Gasteiger partial charge is 0.239 e. The second-order valence-electron chi connectivity index (χ2n) is 6.16. The van der Waals surface area contributed by atoms with Crippen LogP contribution in [0.1, 0.15) is 26.0 Å². The van der Waals surface area contributed by atoms with E-state index in [1.807, 2.05) is 29.3 Å². The summed E-state index contributed by atoms with van der Waals surface area (Å²) >= 11 is 0. The molecule has 0 radical (unpaired) electrons. The van der Waals surface area contributed by atoms with Crippen molar-refractivity contribution in [2.75, 3.05) is 26.2 Å². The molecule has 2 rings (SSSR count). The predicted octanol–water partition coefficient (Wildman–Crippen LogP) is 1.10. The summed E-state index contributed by atoms with van der Waals surface area (Å²) in [4.78, 5) is 20.9. The van der Waals surface area contributed by atoms with Gasteiger partial charge in [0.15, 0.2) is 0 Å². The summed E-state index contributed by atoms with van der Waals surface area (Å²) in [7, 11) is 0. The van der Waals surface area contributed by atoms with Crippen molar-refractivity contribution in [2.45, 2.75) is 32.9 Å². The lowest BCUT2D eigenvalue weighted by molar-refractivity contribution is -0.134. The van der Waals surface area contributed by atoms with E-state index in [1.54, 1.807) is 0 Å². The Balaban J connectivity index is 1.79. The number of amides is 1. The van der Waals surface area contributed by atoms with E-state index in [2.05, 4.69) is 23.7 Å². The number of carbonyl (C=O) groups is 1. The SMILES string of the molecule is CC(C)C[C@H](N)C(=O)N1CCN(Cc2ccccn2)CC1. The molecule has 1 saturated heterocycles. The Bertz CT molecular complexity index is 441. The summed E-state index contributed by atoms with van der Waals surface area (Å²) < 4.78 is 0. The maximum absolute atomic E-state index is 12.3. The Labute approximate surface area is 127 Å². The highest BCUT2D eigenvalue weighted by molar-refractivity contribution is 5.81. The van der Waals surface area contributed by atoms with E-state index in [4.69, 9.17) is 5.73 Å². The third kappa shape index (κ3) is 4.79. The number of hydrogen-bond acceptors (Lipinski definition) is 4. The van der Waals surface area contributed by atoms with Crippen LogP contribution >= 0.6 is 0 Å². The minimum absolute atomic E-state index is 0.0983. The van der Waals surface area contributed by atoms with Crippen LogP contribution < -0.4 is 5.73 Å². The summed E-state index contributed by atoms with van der Waals surface area (Å²) in [5, 5.41) is 0. The van der Waals surface area contributed by atoms with Gasteiger partial charge in [0, 0.05) is 38.9 Å². The molecule has 1 fully saturated rings. The largest absolute Gasteiger partial charge is 0.339 e. The first-order valence-corrected chi connectivity index (χ1v) is 7.73. The Morgan fingerprint density at radius 1 is 1.29 bits per heavy atom. The van der Waals surface area contributed by atoms with Gasteiger partial charge in [-0.15, -0.1) is 0 Å². The molecule has 0 spiro atoms. The zero-order chi connectivity index (χ0) is 15.2. The molecule has 5 heteroatoms. The number of hydrogen-bond donors (Lipinski definition) is 1. The highest BCUT2D eigenvalue weighted by Gasteiger charge is 2.25. The molecule has 0 bridgehead atoms. The van der Waals surface area contributed by atoms with E-state index >= 15 is 0 Å². The number of piperazine rings is 1.